The van der Waals surface area contributed by atoms with Gasteiger partial charge in [0.15, 0.2) is 0 Å². The van der Waals surface area contributed by atoms with Crippen LogP contribution in [0.2, 0.25) is 0 Å². The third-order valence-electron chi connectivity index (χ3n) is 2.70. The molecule has 0 fully saturated rings. The van der Waals surface area contributed by atoms with E-state index in [1.165, 1.54) is 0 Å². The molecule has 2 rings (SSSR count). The maximum atomic E-state index is 5.60. The number of terminal acetylenes is 1. The Balaban J connectivity index is 2.42. The van der Waals surface area contributed by atoms with Crippen LogP contribution in [0.25, 0.3) is 12.2 Å². The highest BCUT2D eigenvalue weighted by atomic mass is 14.7. The van der Waals surface area contributed by atoms with Crippen molar-refractivity contribution < 1.29 is 0 Å². The fourth-order valence-corrected chi connectivity index (χ4v) is 1.89. The summed E-state index contributed by atoms with van der Waals surface area (Å²) in [5.74, 6) is 2.77. The van der Waals surface area contributed by atoms with Gasteiger partial charge in [0.1, 0.15) is 0 Å². The number of aromatic amines is 1. The van der Waals surface area contributed by atoms with Crippen molar-refractivity contribution >= 4 is 12.2 Å². The van der Waals surface area contributed by atoms with Gasteiger partial charge in [-0.25, -0.2) is 0 Å². The van der Waals surface area contributed by atoms with E-state index in [-0.39, 0.29) is 0 Å². The number of allylic oxidation sites excluding steroid dienone is 4. The number of nitrogens with one attached hydrogen (secondary N) is 1. The molecule has 0 spiro atoms. The molecule has 0 amide bonds. The van der Waals surface area contributed by atoms with Crippen LogP contribution < -0.4 is 0 Å². The molecule has 1 aliphatic rings. The summed E-state index contributed by atoms with van der Waals surface area (Å²) in [6, 6.07) is 0. The zero-order chi connectivity index (χ0) is 12.1. The molecule has 1 aromatic rings. The van der Waals surface area contributed by atoms with E-state index < -0.39 is 0 Å². The van der Waals surface area contributed by atoms with Gasteiger partial charge in [-0.3, -0.25) is 0 Å². The Morgan fingerprint density at radius 2 is 2.35 bits per heavy atom. The van der Waals surface area contributed by atoms with Crippen LogP contribution >= 0.6 is 0 Å². The molecule has 1 N–H and O–H groups in total. The number of H-pyrrole nitrogens is 1. The molecule has 0 unspecified atom stereocenters. The average molecular weight is 221 g/mol. The standard InChI is InChI=1S/C16H15N/c1-3-5-7-11-15-13(4-2)14-10-8-6-9-12-16(14)17-15/h2,5-7,9-10,12,17H,3,11H2,1H3/b7-5-. The molecule has 1 heterocycles. The quantitative estimate of drug-likeness (QED) is 0.455. The van der Waals surface area contributed by atoms with Crippen LogP contribution in [0.15, 0.2) is 30.0 Å². The van der Waals surface area contributed by atoms with Gasteiger partial charge in [-0.05, 0) is 24.6 Å². The van der Waals surface area contributed by atoms with Crippen molar-refractivity contribution in [2.24, 2.45) is 0 Å². The second kappa shape index (κ2) is 5.25. The highest BCUT2D eigenvalue weighted by molar-refractivity contribution is 5.72. The fourth-order valence-electron chi connectivity index (χ4n) is 1.89. The summed E-state index contributed by atoms with van der Waals surface area (Å²) in [6.07, 6.45) is 19.6. The first-order valence-corrected chi connectivity index (χ1v) is 5.82. The zero-order valence-electron chi connectivity index (χ0n) is 9.96. The van der Waals surface area contributed by atoms with Crippen LogP contribution in [0.4, 0.5) is 0 Å². The van der Waals surface area contributed by atoms with Crippen molar-refractivity contribution in [2.75, 3.05) is 0 Å². The van der Waals surface area contributed by atoms with Crippen LogP contribution in [0.5, 0.6) is 0 Å². The number of hydrogen-bond acceptors (Lipinski definition) is 0. The SMILES string of the molecule is C#Cc1c(C/C=C\CC)[nH]c2c1C=C=CC=C2. The summed E-state index contributed by atoms with van der Waals surface area (Å²) in [6.45, 7) is 2.12. The van der Waals surface area contributed by atoms with E-state index in [1.54, 1.807) is 0 Å². The summed E-state index contributed by atoms with van der Waals surface area (Å²) < 4.78 is 0. The molecule has 1 aromatic heterocycles. The number of rotatable bonds is 3. The highest BCUT2D eigenvalue weighted by Crippen LogP contribution is 2.23. The predicted octanol–water partition coefficient (Wildman–Crippen LogP) is 3.70. The Hall–Kier alpha value is -2.16. The first-order chi connectivity index (χ1) is 8.36. The van der Waals surface area contributed by atoms with Crippen molar-refractivity contribution in [2.45, 2.75) is 19.8 Å². The molecule has 0 atom stereocenters. The molecule has 1 aliphatic carbocycles. The molecule has 84 valence electrons. The molecule has 0 aliphatic heterocycles. The third kappa shape index (κ3) is 2.33. The minimum absolute atomic E-state index is 0.853. The van der Waals surface area contributed by atoms with Crippen LogP contribution in [0, 0.1) is 12.3 Å². The molecule has 0 bridgehead atoms. The van der Waals surface area contributed by atoms with Crippen molar-refractivity contribution in [3.05, 3.63) is 52.6 Å². The van der Waals surface area contributed by atoms with E-state index in [0.717, 1.165) is 35.4 Å². The topological polar surface area (TPSA) is 15.8 Å². The van der Waals surface area contributed by atoms with Crippen molar-refractivity contribution in [1.82, 2.24) is 4.98 Å². The molecule has 0 saturated heterocycles. The van der Waals surface area contributed by atoms with E-state index >= 15 is 0 Å². The average Bonchev–Trinajstić information content (AvgIpc) is 2.51. The molecule has 0 radical (unpaired) electrons. The smallest absolute Gasteiger partial charge is 0.0538 e. The summed E-state index contributed by atoms with van der Waals surface area (Å²) in [7, 11) is 0. The van der Waals surface area contributed by atoms with Crippen LogP contribution in [0.1, 0.15) is 35.9 Å². The number of aromatic nitrogens is 1. The Morgan fingerprint density at radius 1 is 1.47 bits per heavy atom. The maximum absolute atomic E-state index is 5.60. The Kier molecular flexibility index (Phi) is 3.50. The van der Waals surface area contributed by atoms with Gasteiger partial charge in [0.25, 0.3) is 0 Å². The molecule has 17 heavy (non-hydrogen) atoms. The Morgan fingerprint density at radius 3 is 3.12 bits per heavy atom. The van der Waals surface area contributed by atoms with Crippen LogP contribution in [0.3, 0.4) is 0 Å². The minimum Gasteiger partial charge on any atom is -0.357 e. The first-order valence-electron chi connectivity index (χ1n) is 5.82. The second-order valence-corrected chi connectivity index (χ2v) is 3.87. The Labute approximate surface area is 102 Å². The number of fused-ring (bicyclic) bond motifs is 1. The van der Waals surface area contributed by atoms with Crippen molar-refractivity contribution in [1.29, 1.82) is 0 Å². The lowest BCUT2D eigenvalue weighted by Crippen LogP contribution is -1.85. The summed E-state index contributed by atoms with van der Waals surface area (Å²) in [5.41, 5.74) is 7.28. The van der Waals surface area contributed by atoms with Gasteiger partial charge in [0.05, 0.1) is 5.56 Å². The molecule has 1 heteroatoms. The Bertz CT molecular complexity index is 567. The van der Waals surface area contributed by atoms with Gasteiger partial charge in [-0.15, -0.1) is 12.2 Å². The predicted molar refractivity (Wildman–Crippen MR) is 73.4 cm³/mol. The molecule has 0 saturated carbocycles. The van der Waals surface area contributed by atoms with E-state index in [0.29, 0.717) is 0 Å². The van der Waals surface area contributed by atoms with E-state index in [1.807, 2.05) is 24.3 Å². The van der Waals surface area contributed by atoms with E-state index in [4.69, 9.17) is 6.42 Å². The largest absolute Gasteiger partial charge is 0.357 e. The van der Waals surface area contributed by atoms with Gasteiger partial charge >= 0.3 is 0 Å². The second-order valence-electron chi connectivity index (χ2n) is 3.87. The zero-order valence-corrected chi connectivity index (χ0v) is 9.96. The molecular weight excluding hydrogens is 206 g/mol. The van der Waals surface area contributed by atoms with E-state index in [2.05, 4.69) is 35.7 Å². The lowest BCUT2D eigenvalue weighted by molar-refractivity contribution is 1.11. The van der Waals surface area contributed by atoms with Gasteiger partial charge in [0, 0.05) is 23.4 Å². The highest BCUT2D eigenvalue weighted by Gasteiger charge is 2.11. The van der Waals surface area contributed by atoms with Gasteiger partial charge in [0.2, 0.25) is 0 Å². The van der Waals surface area contributed by atoms with Crippen molar-refractivity contribution in [3.63, 3.8) is 0 Å². The minimum atomic E-state index is 0.853. The molecule has 0 aromatic carbocycles. The lowest BCUT2D eigenvalue weighted by Gasteiger charge is -1.94. The monoisotopic (exact) mass is 221 g/mol. The van der Waals surface area contributed by atoms with Crippen LogP contribution in [-0.2, 0) is 6.42 Å². The lowest BCUT2D eigenvalue weighted by atomic mass is 10.1. The van der Waals surface area contributed by atoms with Gasteiger partial charge < -0.3 is 4.98 Å². The van der Waals surface area contributed by atoms with Crippen LogP contribution in [-0.4, -0.2) is 4.98 Å². The van der Waals surface area contributed by atoms with Gasteiger partial charge in [-0.2, -0.15) is 0 Å². The molecular formula is C16H15N. The molecule has 1 nitrogen and oxygen atoms in total. The maximum Gasteiger partial charge on any atom is 0.0538 e. The number of hydrogen-bond donors (Lipinski definition) is 1. The van der Waals surface area contributed by atoms with E-state index in [9.17, 15) is 0 Å². The summed E-state index contributed by atoms with van der Waals surface area (Å²) in [5, 5.41) is 0. The normalized spacial score (nSPS) is 12.7. The van der Waals surface area contributed by atoms with Gasteiger partial charge in [-0.1, -0.05) is 31.1 Å². The third-order valence-corrected chi connectivity index (χ3v) is 2.70. The van der Waals surface area contributed by atoms with Crippen molar-refractivity contribution in [3.8, 4) is 12.3 Å². The fraction of sp³-hybridized carbons (Fsp3) is 0.188. The summed E-state index contributed by atoms with van der Waals surface area (Å²) >= 11 is 0. The first kappa shape index (κ1) is 11.3. The summed E-state index contributed by atoms with van der Waals surface area (Å²) in [4.78, 5) is 3.38.